The van der Waals surface area contributed by atoms with E-state index in [0.29, 0.717) is 6.54 Å². The first-order valence-electron chi connectivity index (χ1n) is 7.52. The van der Waals surface area contributed by atoms with E-state index >= 15 is 0 Å². The number of anilines is 1. The summed E-state index contributed by atoms with van der Waals surface area (Å²) in [6.07, 6.45) is 4.23. The van der Waals surface area contributed by atoms with Gasteiger partial charge in [-0.2, -0.15) is 5.26 Å². The van der Waals surface area contributed by atoms with Gasteiger partial charge >= 0.3 is 0 Å². The number of fused-ring (bicyclic) bond motifs is 3. The zero-order valence-electron chi connectivity index (χ0n) is 12.5. The maximum Gasteiger partial charge on any atom is 0.100 e. The summed E-state index contributed by atoms with van der Waals surface area (Å²) < 4.78 is 0. The molecule has 1 saturated heterocycles. The van der Waals surface area contributed by atoms with Gasteiger partial charge in [0.15, 0.2) is 0 Å². The van der Waals surface area contributed by atoms with Crippen LogP contribution in [0, 0.1) is 16.7 Å². The zero-order chi connectivity index (χ0) is 15.2. The molecular weight excluding hydrogens is 270 g/mol. The molecule has 1 fully saturated rings. The largest absolute Gasteiger partial charge is 0.284 e. The van der Waals surface area contributed by atoms with Crippen LogP contribution in [0.1, 0.15) is 24.1 Å². The minimum absolute atomic E-state index is 0.0545. The highest BCUT2D eigenvalue weighted by Gasteiger charge is 2.50. The predicted molar refractivity (Wildman–Crippen MR) is 87.6 cm³/mol. The number of para-hydroxylation sites is 1. The fourth-order valence-corrected chi connectivity index (χ4v) is 3.55. The molecule has 0 N–H and O–H groups in total. The van der Waals surface area contributed by atoms with E-state index in [-0.39, 0.29) is 6.04 Å². The average Bonchev–Trinajstić information content (AvgIpc) is 2.90. The molecule has 108 valence electrons. The molecule has 22 heavy (non-hydrogen) atoms. The third-order valence-corrected chi connectivity index (χ3v) is 4.63. The first-order valence-corrected chi connectivity index (χ1v) is 7.52. The standard InChI is InChI=1S/C19H17N3/c1-19(13-20)14-22(16-8-3-2-4-9-16)21-12-11-15-7-5-6-10-17(15)18(19)21/h2-12,18H,14H2,1H3/t18?,19-/m1/s1. The lowest BCUT2D eigenvalue weighted by Gasteiger charge is -2.36. The molecule has 2 aliphatic rings. The third kappa shape index (κ3) is 1.74. The average molecular weight is 287 g/mol. The molecule has 0 spiro atoms. The smallest absolute Gasteiger partial charge is 0.100 e. The summed E-state index contributed by atoms with van der Waals surface area (Å²) in [5.74, 6) is 0. The summed E-state index contributed by atoms with van der Waals surface area (Å²) in [4.78, 5) is 0. The van der Waals surface area contributed by atoms with Crippen molar-refractivity contribution in [1.29, 1.82) is 5.26 Å². The summed E-state index contributed by atoms with van der Waals surface area (Å²) in [5, 5.41) is 14.2. The normalized spacial score (nSPS) is 25.5. The van der Waals surface area contributed by atoms with E-state index in [1.165, 1.54) is 11.1 Å². The molecule has 2 atom stereocenters. The van der Waals surface area contributed by atoms with Gasteiger partial charge in [0.2, 0.25) is 0 Å². The predicted octanol–water partition coefficient (Wildman–Crippen LogP) is 3.98. The van der Waals surface area contributed by atoms with Gasteiger partial charge < -0.3 is 0 Å². The van der Waals surface area contributed by atoms with Crippen LogP contribution in [0.3, 0.4) is 0 Å². The van der Waals surface area contributed by atoms with Gasteiger partial charge in [0.25, 0.3) is 0 Å². The Morgan fingerprint density at radius 2 is 1.82 bits per heavy atom. The van der Waals surface area contributed by atoms with Gasteiger partial charge in [-0.25, -0.2) is 0 Å². The Kier molecular flexibility index (Phi) is 2.74. The molecule has 0 radical (unpaired) electrons. The van der Waals surface area contributed by atoms with Crippen molar-refractivity contribution in [2.45, 2.75) is 13.0 Å². The minimum Gasteiger partial charge on any atom is -0.284 e. The van der Waals surface area contributed by atoms with Crippen LogP contribution in [0.25, 0.3) is 6.08 Å². The highest BCUT2D eigenvalue weighted by Crippen LogP contribution is 2.50. The molecule has 0 aliphatic carbocycles. The van der Waals surface area contributed by atoms with Gasteiger partial charge in [-0.1, -0.05) is 42.5 Å². The molecule has 4 rings (SSSR count). The Morgan fingerprint density at radius 1 is 1.09 bits per heavy atom. The topological polar surface area (TPSA) is 30.3 Å². The van der Waals surface area contributed by atoms with Crippen LogP contribution >= 0.6 is 0 Å². The molecule has 2 aromatic rings. The number of rotatable bonds is 1. The van der Waals surface area contributed by atoms with Crippen LogP contribution in [-0.4, -0.2) is 11.6 Å². The first-order chi connectivity index (χ1) is 10.7. The molecule has 0 amide bonds. The van der Waals surface area contributed by atoms with E-state index < -0.39 is 5.41 Å². The Balaban J connectivity index is 1.85. The Morgan fingerprint density at radius 3 is 2.59 bits per heavy atom. The van der Waals surface area contributed by atoms with Gasteiger partial charge in [-0.05, 0) is 36.3 Å². The summed E-state index contributed by atoms with van der Waals surface area (Å²) in [6.45, 7) is 2.75. The van der Waals surface area contributed by atoms with Crippen molar-refractivity contribution < 1.29 is 0 Å². The molecule has 2 aliphatic heterocycles. The van der Waals surface area contributed by atoms with Crippen molar-refractivity contribution in [3.63, 3.8) is 0 Å². The van der Waals surface area contributed by atoms with Crippen LogP contribution < -0.4 is 5.01 Å². The number of hydrogen-bond acceptors (Lipinski definition) is 3. The quantitative estimate of drug-likeness (QED) is 0.794. The second-order valence-corrected chi connectivity index (χ2v) is 6.15. The lowest BCUT2D eigenvalue weighted by Crippen LogP contribution is -2.35. The van der Waals surface area contributed by atoms with Gasteiger partial charge in [0.1, 0.15) is 5.41 Å². The van der Waals surface area contributed by atoms with Gasteiger partial charge in [-0.3, -0.25) is 10.0 Å². The zero-order valence-corrected chi connectivity index (χ0v) is 12.5. The molecule has 0 bridgehead atoms. The second-order valence-electron chi connectivity index (χ2n) is 6.15. The van der Waals surface area contributed by atoms with Crippen molar-refractivity contribution in [1.82, 2.24) is 5.01 Å². The third-order valence-electron chi connectivity index (χ3n) is 4.63. The first kappa shape index (κ1) is 13.0. The SMILES string of the molecule is C[C@@]1(C#N)CN(c2ccccc2)N2C=Cc3ccccc3C21. The van der Waals surface area contributed by atoms with Crippen molar-refractivity contribution in [2.75, 3.05) is 11.6 Å². The highest BCUT2D eigenvalue weighted by molar-refractivity contribution is 5.61. The summed E-state index contributed by atoms with van der Waals surface area (Å²) in [7, 11) is 0. The molecule has 2 aromatic carbocycles. The van der Waals surface area contributed by atoms with E-state index in [1.54, 1.807) is 0 Å². The Bertz CT molecular complexity index is 775. The van der Waals surface area contributed by atoms with Gasteiger partial charge in [0, 0.05) is 6.20 Å². The lowest BCUT2D eigenvalue weighted by atomic mass is 9.79. The molecule has 0 saturated carbocycles. The van der Waals surface area contributed by atoms with Gasteiger partial charge in [-0.15, -0.1) is 0 Å². The van der Waals surface area contributed by atoms with Crippen molar-refractivity contribution >= 4 is 11.8 Å². The van der Waals surface area contributed by atoms with Gasteiger partial charge in [0.05, 0.1) is 24.3 Å². The number of nitriles is 1. The monoisotopic (exact) mass is 287 g/mol. The molecule has 0 aromatic heterocycles. The van der Waals surface area contributed by atoms with E-state index in [1.807, 2.05) is 24.3 Å². The van der Waals surface area contributed by atoms with Crippen molar-refractivity contribution in [3.8, 4) is 6.07 Å². The Labute approximate surface area is 130 Å². The number of hydrazine groups is 1. The maximum atomic E-state index is 9.83. The lowest BCUT2D eigenvalue weighted by molar-refractivity contribution is 0.262. The van der Waals surface area contributed by atoms with Crippen LogP contribution in [0.5, 0.6) is 0 Å². The minimum atomic E-state index is -0.448. The Hall–Kier alpha value is -2.73. The number of benzene rings is 2. The molecule has 3 heteroatoms. The maximum absolute atomic E-state index is 9.83. The van der Waals surface area contributed by atoms with E-state index in [4.69, 9.17) is 0 Å². The summed E-state index contributed by atoms with van der Waals surface area (Å²) in [5.41, 5.74) is 3.11. The second kappa shape index (κ2) is 4.64. The van der Waals surface area contributed by atoms with Crippen LogP contribution in [0.15, 0.2) is 60.8 Å². The highest BCUT2D eigenvalue weighted by atomic mass is 15.7. The van der Waals surface area contributed by atoms with E-state index in [9.17, 15) is 5.26 Å². The number of hydrogen-bond donors (Lipinski definition) is 0. The summed E-state index contributed by atoms with van der Waals surface area (Å²) >= 11 is 0. The fraction of sp³-hybridized carbons (Fsp3) is 0.211. The number of nitrogens with zero attached hydrogens (tertiary/aromatic N) is 3. The van der Waals surface area contributed by atoms with E-state index in [2.05, 4.69) is 65.6 Å². The van der Waals surface area contributed by atoms with Crippen LogP contribution in [0.2, 0.25) is 0 Å². The van der Waals surface area contributed by atoms with Crippen molar-refractivity contribution in [3.05, 3.63) is 71.9 Å². The molecular formula is C19H17N3. The summed E-state index contributed by atoms with van der Waals surface area (Å²) in [6, 6.07) is 21.2. The molecule has 1 unspecified atom stereocenters. The van der Waals surface area contributed by atoms with Crippen LogP contribution in [0.4, 0.5) is 5.69 Å². The van der Waals surface area contributed by atoms with Crippen molar-refractivity contribution in [2.24, 2.45) is 5.41 Å². The van der Waals surface area contributed by atoms with E-state index in [0.717, 1.165) is 5.69 Å². The molecule has 2 heterocycles. The van der Waals surface area contributed by atoms with Crippen LogP contribution in [-0.2, 0) is 0 Å². The molecule has 3 nitrogen and oxygen atoms in total. The fourth-order valence-electron chi connectivity index (χ4n) is 3.55.